The van der Waals surface area contributed by atoms with Gasteiger partial charge in [0.1, 0.15) is 12.6 Å². The number of fused-ring (bicyclic) bond motifs is 1. The number of anilines is 1. The monoisotopic (exact) mass is 469 g/mol. The van der Waals surface area contributed by atoms with Crippen molar-refractivity contribution in [3.05, 3.63) is 29.3 Å². The van der Waals surface area contributed by atoms with Crippen LogP contribution in [0.3, 0.4) is 0 Å². The number of rotatable bonds is 5. The number of amides is 5. The van der Waals surface area contributed by atoms with Crippen molar-refractivity contribution >= 4 is 35.2 Å². The Labute approximate surface area is 196 Å². The van der Waals surface area contributed by atoms with Gasteiger partial charge in [0.15, 0.2) is 0 Å². The molecule has 1 aromatic rings. The van der Waals surface area contributed by atoms with Crippen molar-refractivity contribution in [2.24, 2.45) is 5.73 Å². The van der Waals surface area contributed by atoms with Gasteiger partial charge >= 0.3 is 0 Å². The fourth-order valence-corrected chi connectivity index (χ4v) is 4.93. The van der Waals surface area contributed by atoms with Crippen LogP contribution in [0.4, 0.5) is 5.69 Å². The van der Waals surface area contributed by atoms with E-state index in [4.69, 9.17) is 10.5 Å². The number of nitrogens with zero attached hydrogens (tertiary/aromatic N) is 3. The topological polar surface area (TPSA) is 142 Å². The van der Waals surface area contributed by atoms with E-state index in [1.54, 1.807) is 23.1 Å². The van der Waals surface area contributed by atoms with Gasteiger partial charge in [0.25, 0.3) is 11.8 Å². The summed E-state index contributed by atoms with van der Waals surface area (Å²) in [6.45, 7) is 2.26. The van der Waals surface area contributed by atoms with E-state index in [-0.39, 0.29) is 48.6 Å². The molecule has 5 amide bonds. The third-order valence-electron chi connectivity index (χ3n) is 6.97. The van der Waals surface area contributed by atoms with Crippen LogP contribution in [0, 0.1) is 0 Å². The minimum atomic E-state index is -0.999. The first-order valence-electron chi connectivity index (χ1n) is 11.6. The fourth-order valence-electron chi connectivity index (χ4n) is 4.93. The smallest absolute Gasteiger partial charge is 0.264 e. The maximum Gasteiger partial charge on any atom is 0.264 e. The molecule has 1 unspecified atom stereocenters. The van der Waals surface area contributed by atoms with Crippen LogP contribution in [0.15, 0.2) is 18.2 Å². The van der Waals surface area contributed by atoms with Crippen molar-refractivity contribution in [2.75, 3.05) is 37.7 Å². The van der Waals surface area contributed by atoms with Gasteiger partial charge in [0, 0.05) is 38.6 Å². The number of piperidine rings is 2. The molecule has 3 saturated heterocycles. The van der Waals surface area contributed by atoms with Gasteiger partial charge in [-0.15, -0.1) is 0 Å². The summed E-state index contributed by atoms with van der Waals surface area (Å²) in [6.07, 6.45) is 1.62. The molecular formula is C23H27N5O6. The number of ether oxygens (including phenoxy) is 1. The maximum atomic E-state index is 13.2. The van der Waals surface area contributed by atoms with Gasteiger partial charge in [0.05, 0.1) is 22.9 Å². The molecule has 1 aromatic carbocycles. The first-order valence-corrected chi connectivity index (χ1v) is 11.6. The SMILES string of the molecule is NC1CCN(C(=O)COC2CN(c3cccc4c3C(=O)N(C3CCC(=O)NC3=O)C4=O)C2)CC1. The van der Waals surface area contributed by atoms with Crippen LogP contribution in [-0.2, 0) is 19.1 Å². The predicted molar refractivity (Wildman–Crippen MR) is 119 cm³/mol. The van der Waals surface area contributed by atoms with Gasteiger partial charge < -0.3 is 20.3 Å². The Morgan fingerprint density at radius 2 is 1.79 bits per heavy atom. The van der Waals surface area contributed by atoms with E-state index in [2.05, 4.69) is 5.32 Å². The van der Waals surface area contributed by atoms with E-state index in [1.165, 1.54) is 0 Å². The highest BCUT2D eigenvalue weighted by Crippen LogP contribution is 2.36. The highest BCUT2D eigenvalue weighted by Gasteiger charge is 2.46. The Morgan fingerprint density at radius 1 is 1.06 bits per heavy atom. The maximum absolute atomic E-state index is 13.2. The molecule has 11 nitrogen and oxygen atoms in total. The van der Waals surface area contributed by atoms with Crippen LogP contribution in [0.5, 0.6) is 0 Å². The Kier molecular flexibility index (Phi) is 5.82. The molecular weight excluding hydrogens is 442 g/mol. The number of likely N-dealkylation sites (tertiary alicyclic amines) is 1. The molecule has 180 valence electrons. The molecule has 0 aliphatic carbocycles. The third kappa shape index (κ3) is 3.94. The lowest BCUT2D eigenvalue weighted by Crippen LogP contribution is -2.55. The lowest BCUT2D eigenvalue weighted by Gasteiger charge is -2.41. The standard InChI is InChI=1S/C23H27N5O6/c24-13-6-8-26(9-7-13)19(30)12-34-14-10-27(11-14)16-3-1-2-15-20(16)23(33)28(22(15)32)17-4-5-18(29)25-21(17)31/h1-3,13-14,17H,4-12,24H2,(H,25,29,31). The van der Waals surface area contributed by atoms with Gasteiger partial charge in [-0.25, -0.2) is 0 Å². The zero-order valence-electron chi connectivity index (χ0n) is 18.7. The second kappa shape index (κ2) is 8.80. The molecule has 11 heteroatoms. The molecule has 0 aromatic heterocycles. The number of hydrogen-bond donors (Lipinski definition) is 2. The molecule has 0 bridgehead atoms. The van der Waals surface area contributed by atoms with E-state index in [0.29, 0.717) is 31.9 Å². The Morgan fingerprint density at radius 3 is 2.50 bits per heavy atom. The second-order valence-corrected chi connectivity index (χ2v) is 9.20. The average Bonchev–Trinajstić information content (AvgIpc) is 3.04. The van der Waals surface area contributed by atoms with Crippen molar-refractivity contribution in [3.8, 4) is 0 Å². The zero-order chi connectivity index (χ0) is 24.0. The van der Waals surface area contributed by atoms with E-state index in [9.17, 15) is 24.0 Å². The Hall–Kier alpha value is -3.31. The minimum absolute atomic E-state index is 0.00134. The summed E-state index contributed by atoms with van der Waals surface area (Å²) < 4.78 is 5.77. The lowest BCUT2D eigenvalue weighted by atomic mass is 10.0. The Bertz CT molecular complexity index is 1060. The molecule has 0 radical (unpaired) electrons. The molecule has 4 aliphatic rings. The molecule has 5 rings (SSSR count). The molecule has 0 saturated carbocycles. The van der Waals surface area contributed by atoms with Gasteiger partial charge in [-0.3, -0.25) is 34.2 Å². The number of nitrogens with two attached hydrogens (primary N) is 1. The molecule has 0 spiro atoms. The van der Waals surface area contributed by atoms with Crippen LogP contribution in [0.25, 0.3) is 0 Å². The number of hydrogen-bond acceptors (Lipinski definition) is 8. The molecule has 3 N–H and O–H groups in total. The molecule has 3 fully saturated rings. The summed E-state index contributed by atoms with van der Waals surface area (Å²) in [6, 6.07) is 4.18. The minimum Gasteiger partial charge on any atom is -0.366 e. The van der Waals surface area contributed by atoms with Gasteiger partial charge in [-0.2, -0.15) is 0 Å². The van der Waals surface area contributed by atoms with E-state index >= 15 is 0 Å². The van der Waals surface area contributed by atoms with Crippen LogP contribution >= 0.6 is 0 Å². The van der Waals surface area contributed by atoms with Crippen LogP contribution in [0.2, 0.25) is 0 Å². The van der Waals surface area contributed by atoms with Gasteiger partial charge in [0.2, 0.25) is 17.7 Å². The van der Waals surface area contributed by atoms with Crippen molar-refractivity contribution in [1.82, 2.24) is 15.1 Å². The first-order chi connectivity index (χ1) is 16.3. The summed E-state index contributed by atoms with van der Waals surface area (Å²) in [5, 5.41) is 2.20. The number of benzene rings is 1. The summed E-state index contributed by atoms with van der Waals surface area (Å²) >= 11 is 0. The molecule has 1 atom stereocenters. The Balaban J connectivity index is 1.21. The van der Waals surface area contributed by atoms with Gasteiger partial charge in [-0.05, 0) is 31.4 Å². The van der Waals surface area contributed by atoms with Crippen molar-refractivity contribution in [2.45, 2.75) is 43.9 Å². The fraction of sp³-hybridized carbons (Fsp3) is 0.522. The molecule has 4 heterocycles. The van der Waals surface area contributed by atoms with Crippen molar-refractivity contribution in [3.63, 3.8) is 0 Å². The van der Waals surface area contributed by atoms with Crippen LogP contribution in [-0.4, -0.2) is 90.3 Å². The van der Waals surface area contributed by atoms with E-state index in [1.807, 2.05) is 4.90 Å². The second-order valence-electron chi connectivity index (χ2n) is 9.20. The number of carbonyl (C=O) groups excluding carboxylic acids is 5. The first kappa shape index (κ1) is 22.5. The van der Waals surface area contributed by atoms with E-state index < -0.39 is 29.7 Å². The third-order valence-corrected chi connectivity index (χ3v) is 6.97. The summed E-state index contributed by atoms with van der Waals surface area (Å²) in [5.41, 5.74) is 6.99. The highest BCUT2D eigenvalue weighted by atomic mass is 16.5. The number of carbonyl (C=O) groups is 5. The van der Waals surface area contributed by atoms with Crippen LogP contribution < -0.4 is 16.0 Å². The van der Waals surface area contributed by atoms with Crippen molar-refractivity contribution in [1.29, 1.82) is 0 Å². The predicted octanol–water partition coefficient (Wildman–Crippen LogP) is -0.757. The van der Waals surface area contributed by atoms with E-state index in [0.717, 1.165) is 17.7 Å². The quantitative estimate of drug-likeness (QED) is 0.536. The largest absolute Gasteiger partial charge is 0.366 e. The molecule has 4 aliphatic heterocycles. The summed E-state index contributed by atoms with van der Waals surface area (Å²) in [7, 11) is 0. The summed E-state index contributed by atoms with van der Waals surface area (Å²) in [5.74, 6) is -2.16. The zero-order valence-corrected chi connectivity index (χ0v) is 18.7. The lowest BCUT2D eigenvalue weighted by molar-refractivity contribution is -0.140. The highest BCUT2D eigenvalue weighted by molar-refractivity contribution is 6.25. The average molecular weight is 469 g/mol. The van der Waals surface area contributed by atoms with Crippen molar-refractivity contribution < 1.29 is 28.7 Å². The molecule has 34 heavy (non-hydrogen) atoms. The summed E-state index contributed by atoms with van der Waals surface area (Å²) in [4.78, 5) is 67.0. The van der Waals surface area contributed by atoms with Gasteiger partial charge in [-0.1, -0.05) is 6.07 Å². The van der Waals surface area contributed by atoms with Crippen LogP contribution in [0.1, 0.15) is 46.4 Å². The normalized spacial score (nSPS) is 23.8. The number of imide groups is 2. The number of nitrogens with one attached hydrogen (secondary N) is 1.